The fraction of sp³-hybridized carbons (Fsp3) is 0.409. The molecule has 1 aliphatic rings. The Bertz CT molecular complexity index is 713. The number of hydrogen-bond acceptors (Lipinski definition) is 4. The van der Waals surface area contributed by atoms with Crippen molar-refractivity contribution in [2.24, 2.45) is 0 Å². The maximum Gasteiger partial charge on any atom is 0.225 e. The predicted molar refractivity (Wildman–Crippen MR) is 109 cm³/mol. The zero-order chi connectivity index (χ0) is 18.9. The van der Waals surface area contributed by atoms with E-state index in [1.807, 2.05) is 31.2 Å². The van der Waals surface area contributed by atoms with Crippen LogP contribution in [0.2, 0.25) is 0 Å². The molecule has 1 N–H and O–H groups in total. The first-order valence-corrected chi connectivity index (χ1v) is 9.75. The van der Waals surface area contributed by atoms with E-state index in [9.17, 15) is 4.79 Å². The summed E-state index contributed by atoms with van der Waals surface area (Å²) in [6, 6.07) is 18.2. The number of benzene rings is 2. The van der Waals surface area contributed by atoms with Gasteiger partial charge < -0.3 is 15.0 Å². The molecule has 1 fully saturated rings. The largest absolute Gasteiger partial charge is 0.492 e. The van der Waals surface area contributed by atoms with E-state index in [1.54, 1.807) is 0 Å². The van der Waals surface area contributed by atoms with Crippen molar-refractivity contribution in [1.82, 2.24) is 9.80 Å². The predicted octanol–water partition coefficient (Wildman–Crippen LogP) is 3.23. The van der Waals surface area contributed by atoms with Crippen molar-refractivity contribution in [3.63, 3.8) is 0 Å². The minimum absolute atomic E-state index is 0.0360. The number of carbonyl (C=O) groups excluding carboxylic acids is 1. The van der Waals surface area contributed by atoms with Crippen LogP contribution in [0.25, 0.3) is 0 Å². The van der Waals surface area contributed by atoms with Crippen LogP contribution < -0.4 is 10.1 Å². The molecule has 1 amide bonds. The number of anilines is 1. The first kappa shape index (κ1) is 19.4. The van der Waals surface area contributed by atoms with Gasteiger partial charge in [0.2, 0.25) is 5.91 Å². The Hall–Kier alpha value is -2.37. The van der Waals surface area contributed by atoms with Crippen LogP contribution >= 0.6 is 0 Å². The average molecular weight is 367 g/mol. The molecule has 0 aromatic heterocycles. The smallest absolute Gasteiger partial charge is 0.225 e. The normalized spacial score (nSPS) is 15.4. The average Bonchev–Trinajstić information content (AvgIpc) is 2.70. The van der Waals surface area contributed by atoms with Gasteiger partial charge in [0.05, 0.1) is 12.3 Å². The Morgan fingerprint density at radius 3 is 2.37 bits per heavy atom. The number of nitrogens with one attached hydrogen (secondary N) is 1. The minimum atomic E-state index is 0.0360. The zero-order valence-corrected chi connectivity index (χ0v) is 16.1. The van der Waals surface area contributed by atoms with Gasteiger partial charge in [0.15, 0.2) is 0 Å². The summed E-state index contributed by atoms with van der Waals surface area (Å²) in [6.45, 7) is 8.43. The van der Waals surface area contributed by atoms with Crippen molar-refractivity contribution in [2.75, 3.05) is 44.6 Å². The molecule has 2 aromatic carbocycles. The number of amides is 1. The molecule has 144 valence electrons. The van der Waals surface area contributed by atoms with Crippen LogP contribution in [0.15, 0.2) is 54.6 Å². The van der Waals surface area contributed by atoms with Gasteiger partial charge in [-0.25, -0.2) is 0 Å². The summed E-state index contributed by atoms with van der Waals surface area (Å²) in [6.07, 6.45) is 0.499. The topological polar surface area (TPSA) is 44.8 Å². The summed E-state index contributed by atoms with van der Waals surface area (Å²) >= 11 is 0. The van der Waals surface area contributed by atoms with Crippen molar-refractivity contribution in [1.29, 1.82) is 0 Å². The van der Waals surface area contributed by atoms with Crippen molar-refractivity contribution >= 4 is 11.6 Å². The molecule has 0 spiro atoms. The molecule has 0 radical (unpaired) electrons. The van der Waals surface area contributed by atoms with E-state index in [0.29, 0.717) is 13.0 Å². The maximum atomic E-state index is 12.3. The molecule has 0 saturated carbocycles. The lowest BCUT2D eigenvalue weighted by Crippen LogP contribution is -2.46. The summed E-state index contributed by atoms with van der Waals surface area (Å²) in [5, 5.41) is 2.98. The van der Waals surface area contributed by atoms with E-state index in [4.69, 9.17) is 4.74 Å². The fourth-order valence-electron chi connectivity index (χ4n) is 3.34. The first-order chi connectivity index (χ1) is 13.2. The molecule has 27 heavy (non-hydrogen) atoms. The quantitative estimate of drug-likeness (QED) is 0.778. The monoisotopic (exact) mass is 367 g/mol. The molecule has 1 aliphatic heterocycles. The fourth-order valence-corrected chi connectivity index (χ4v) is 3.34. The second-order valence-corrected chi connectivity index (χ2v) is 6.83. The van der Waals surface area contributed by atoms with Gasteiger partial charge >= 0.3 is 0 Å². The van der Waals surface area contributed by atoms with Crippen molar-refractivity contribution < 1.29 is 9.53 Å². The molecular weight excluding hydrogens is 338 g/mol. The minimum Gasteiger partial charge on any atom is -0.492 e. The summed E-state index contributed by atoms with van der Waals surface area (Å²) in [5.74, 6) is 0.761. The molecule has 3 rings (SSSR count). The SMILES string of the molecule is CCOc1ccccc1NC(=O)CCN1CCN(Cc2ccccc2)CC1. The molecule has 1 saturated heterocycles. The van der Waals surface area contributed by atoms with Crippen molar-refractivity contribution in [2.45, 2.75) is 19.9 Å². The highest BCUT2D eigenvalue weighted by Gasteiger charge is 2.18. The zero-order valence-electron chi connectivity index (χ0n) is 16.1. The van der Waals surface area contributed by atoms with Crippen LogP contribution in [-0.2, 0) is 11.3 Å². The first-order valence-electron chi connectivity index (χ1n) is 9.75. The Morgan fingerprint density at radius 1 is 0.963 bits per heavy atom. The van der Waals surface area contributed by atoms with Gasteiger partial charge in [-0.15, -0.1) is 0 Å². The van der Waals surface area contributed by atoms with Crippen LogP contribution in [0.1, 0.15) is 18.9 Å². The standard InChI is InChI=1S/C22H29N3O2/c1-2-27-21-11-7-6-10-20(21)23-22(26)12-13-24-14-16-25(17-15-24)18-19-8-4-3-5-9-19/h3-11H,2,12-18H2,1H3,(H,23,26). The lowest BCUT2D eigenvalue weighted by Gasteiger charge is -2.34. The van der Waals surface area contributed by atoms with Gasteiger partial charge in [0.1, 0.15) is 5.75 Å². The molecule has 0 atom stereocenters. The lowest BCUT2D eigenvalue weighted by molar-refractivity contribution is -0.116. The number of piperazine rings is 1. The van der Waals surface area contributed by atoms with E-state index in [1.165, 1.54) is 5.56 Å². The Kier molecular flexibility index (Phi) is 7.25. The summed E-state index contributed by atoms with van der Waals surface area (Å²) in [4.78, 5) is 17.2. The van der Waals surface area contributed by atoms with Crippen LogP contribution in [0.3, 0.4) is 0 Å². The van der Waals surface area contributed by atoms with Crippen LogP contribution in [-0.4, -0.2) is 55.0 Å². The number of nitrogens with zero attached hydrogens (tertiary/aromatic N) is 2. The van der Waals surface area contributed by atoms with Crippen molar-refractivity contribution in [3.05, 3.63) is 60.2 Å². The Labute approximate surface area is 161 Å². The molecule has 0 aliphatic carbocycles. The van der Waals surface area contributed by atoms with E-state index in [2.05, 4.69) is 45.4 Å². The van der Waals surface area contributed by atoms with E-state index >= 15 is 0 Å². The highest BCUT2D eigenvalue weighted by atomic mass is 16.5. The molecule has 1 heterocycles. The highest BCUT2D eigenvalue weighted by Crippen LogP contribution is 2.23. The van der Waals surface area contributed by atoms with E-state index < -0.39 is 0 Å². The third kappa shape index (κ3) is 6.08. The lowest BCUT2D eigenvalue weighted by atomic mass is 10.2. The highest BCUT2D eigenvalue weighted by molar-refractivity contribution is 5.92. The summed E-state index contributed by atoms with van der Waals surface area (Å²) in [5.41, 5.74) is 2.11. The Balaban J connectivity index is 1.39. The van der Waals surface area contributed by atoms with Crippen LogP contribution in [0.4, 0.5) is 5.69 Å². The Morgan fingerprint density at radius 2 is 1.63 bits per heavy atom. The van der Waals surface area contributed by atoms with Crippen LogP contribution in [0, 0.1) is 0 Å². The van der Waals surface area contributed by atoms with Gasteiger partial charge in [0, 0.05) is 45.7 Å². The number of rotatable bonds is 8. The number of carbonyl (C=O) groups is 1. The molecule has 5 nitrogen and oxygen atoms in total. The molecule has 0 bridgehead atoms. The third-order valence-corrected chi connectivity index (χ3v) is 4.83. The number of hydrogen-bond donors (Lipinski definition) is 1. The van der Waals surface area contributed by atoms with Gasteiger partial charge in [-0.2, -0.15) is 0 Å². The van der Waals surface area contributed by atoms with Crippen LogP contribution in [0.5, 0.6) is 5.75 Å². The number of para-hydroxylation sites is 2. The van der Waals surface area contributed by atoms with Gasteiger partial charge in [0.25, 0.3) is 0 Å². The second-order valence-electron chi connectivity index (χ2n) is 6.83. The van der Waals surface area contributed by atoms with Gasteiger partial charge in [-0.05, 0) is 24.6 Å². The second kappa shape index (κ2) is 10.1. The maximum absolute atomic E-state index is 12.3. The molecule has 5 heteroatoms. The molecule has 0 unspecified atom stereocenters. The third-order valence-electron chi connectivity index (χ3n) is 4.83. The van der Waals surface area contributed by atoms with Gasteiger partial charge in [-0.3, -0.25) is 9.69 Å². The van der Waals surface area contributed by atoms with E-state index in [0.717, 1.165) is 50.7 Å². The number of ether oxygens (including phenoxy) is 1. The van der Waals surface area contributed by atoms with Gasteiger partial charge in [-0.1, -0.05) is 42.5 Å². The molecule has 2 aromatic rings. The van der Waals surface area contributed by atoms with Crippen molar-refractivity contribution in [3.8, 4) is 5.75 Å². The summed E-state index contributed by atoms with van der Waals surface area (Å²) in [7, 11) is 0. The summed E-state index contributed by atoms with van der Waals surface area (Å²) < 4.78 is 5.56. The molecular formula is C22H29N3O2. The van der Waals surface area contributed by atoms with E-state index in [-0.39, 0.29) is 5.91 Å².